The molecule has 1 aliphatic heterocycles. The van der Waals surface area contributed by atoms with Gasteiger partial charge in [-0.05, 0) is 31.1 Å². The lowest BCUT2D eigenvalue weighted by atomic mass is 10.1. The number of anilines is 1. The van der Waals surface area contributed by atoms with Crippen molar-refractivity contribution < 1.29 is 4.79 Å². The molecular formula is C22H24N4OS. The van der Waals surface area contributed by atoms with Crippen LogP contribution >= 0.6 is 11.3 Å². The Morgan fingerprint density at radius 3 is 2.75 bits per heavy atom. The number of hydrogen-bond acceptors (Lipinski definition) is 5. The Morgan fingerprint density at radius 1 is 1.18 bits per heavy atom. The number of benzene rings is 1. The number of aryl methyl sites for hydroxylation is 2. The van der Waals surface area contributed by atoms with Gasteiger partial charge in [0.25, 0.3) is 0 Å². The molecule has 0 atom stereocenters. The lowest BCUT2D eigenvalue weighted by molar-refractivity contribution is -0.126. The number of nitrogens with zero attached hydrogens (tertiary/aromatic N) is 4. The van der Waals surface area contributed by atoms with E-state index in [-0.39, 0.29) is 5.91 Å². The first-order chi connectivity index (χ1) is 13.6. The van der Waals surface area contributed by atoms with Crippen LogP contribution in [0.2, 0.25) is 0 Å². The lowest BCUT2D eigenvalue weighted by Crippen LogP contribution is -2.48. The molecule has 0 unspecified atom stereocenters. The van der Waals surface area contributed by atoms with Gasteiger partial charge in [-0.15, -0.1) is 11.3 Å². The summed E-state index contributed by atoms with van der Waals surface area (Å²) < 4.78 is 0. The highest BCUT2D eigenvalue weighted by Crippen LogP contribution is 2.30. The third-order valence-corrected chi connectivity index (χ3v) is 6.25. The SMILES string of the molecule is CCc1cc2c(N3CCN(C(=O)/C=C/c4cccc(C)c4)CC3)ncnc2s1. The second kappa shape index (κ2) is 8.10. The Kier molecular flexibility index (Phi) is 5.39. The van der Waals surface area contributed by atoms with Crippen LogP contribution in [0.5, 0.6) is 0 Å². The van der Waals surface area contributed by atoms with Crippen molar-refractivity contribution in [3.8, 4) is 0 Å². The molecule has 0 bridgehead atoms. The predicted octanol–water partition coefficient (Wildman–Crippen LogP) is 3.92. The molecule has 1 amide bonds. The van der Waals surface area contributed by atoms with Crippen LogP contribution in [-0.4, -0.2) is 47.0 Å². The number of carbonyl (C=O) groups excluding carboxylic acids is 1. The van der Waals surface area contributed by atoms with Crippen molar-refractivity contribution in [3.63, 3.8) is 0 Å². The van der Waals surface area contributed by atoms with Gasteiger partial charge in [0.15, 0.2) is 0 Å². The summed E-state index contributed by atoms with van der Waals surface area (Å²) in [6.07, 6.45) is 6.23. The number of carbonyl (C=O) groups is 1. The van der Waals surface area contributed by atoms with Gasteiger partial charge < -0.3 is 9.80 Å². The number of aromatic nitrogens is 2. The van der Waals surface area contributed by atoms with Gasteiger partial charge in [-0.1, -0.05) is 36.8 Å². The second-order valence-corrected chi connectivity index (χ2v) is 8.16. The average Bonchev–Trinajstić information content (AvgIpc) is 3.16. The molecule has 2 aromatic heterocycles. The first kappa shape index (κ1) is 18.6. The second-order valence-electron chi connectivity index (χ2n) is 7.04. The molecule has 3 heterocycles. The van der Waals surface area contributed by atoms with Gasteiger partial charge in [0.1, 0.15) is 17.0 Å². The fourth-order valence-electron chi connectivity index (χ4n) is 3.50. The minimum absolute atomic E-state index is 0.0674. The van der Waals surface area contributed by atoms with Crippen LogP contribution in [0.3, 0.4) is 0 Å². The number of thiophene rings is 1. The maximum atomic E-state index is 12.6. The summed E-state index contributed by atoms with van der Waals surface area (Å²) in [5.41, 5.74) is 2.25. The molecule has 6 heteroatoms. The topological polar surface area (TPSA) is 49.3 Å². The zero-order chi connectivity index (χ0) is 19.5. The van der Waals surface area contributed by atoms with Gasteiger partial charge >= 0.3 is 0 Å². The zero-order valence-corrected chi connectivity index (χ0v) is 17.1. The third kappa shape index (κ3) is 3.92. The molecule has 0 radical (unpaired) electrons. The summed E-state index contributed by atoms with van der Waals surface area (Å²) in [4.78, 5) is 28.0. The van der Waals surface area contributed by atoms with Gasteiger partial charge in [-0.3, -0.25) is 4.79 Å². The molecule has 4 rings (SSSR count). The Labute approximate surface area is 169 Å². The zero-order valence-electron chi connectivity index (χ0n) is 16.3. The van der Waals surface area contributed by atoms with E-state index in [1.165, 1.54) is 10.4 Å². The van der Waals surface area contributed by atoms with E-state index in [0.717, 1.165) is 41.1 Å². The largest absolute Gasteiger partial charge is 0.352 e. The Hall–Kier alpha value is -2.73. The molecule has 1 aliphatic rings. The molecule has 5 nitrogen and oxygen atoms in total. The van der Waals surface area contributed by atoms with Crippen LogP contribution < -0.4 is 4.90 Å². The first-order valence-electron chi connectivity index (χ1n) is 9.66. The van der Waals surface area contributed by atoms with Crippen LogP contribution in [-0.2, 0) is 11.2 Å². The fraction of sp³-hybridized carbons (Fsp3) is 0.318. The van der Waals surface area contributed by atoms with Crippen molar-refractivity contribution in [3.05, 3.63) is 58.7 Å². The highest BCUT2D eigenvalue weighted by Gasteiger charge is 2.22. The molecule has 144 valence electrons. The van der Waals surface area contributed by atoms with Crippen molar-refractivity contribution >= 4 is 39.4 Å². The Morgan fingerprint density at radius 2 is 2.00 bits per heavy atom. The number of hydrogen-bond donors (Lipinski definition) is 0. The third-order valence-electron chi connectivity index (χ3n) is 5.06. The lowest BCUT2D eigenvalue weighted by Gasteiger charge is -2.35. The first-order valence-corrected chi connectivity index (χ1v) is 10.5. The summed E-state index contributed by atoms with van der Waals surface area (Å²) in [7, 11) is 0. The van der Waals surface area contributed by atoms with Gasteiger partial charge in [0.05, 0.1) is 5.39 Å². The summed E-state index contributed by atoms with van der Waals surface area (Å²) in [5, 5.41) is 1.13. The number of amides is 1. The van der Waals surface area contributed by atoms with Crippen LogP contribution in [0, 0.1) is 6.92 Å². The van der Waals surface area contributed by atoms with Crippen LogP contribution in [0.1, 0.15) is 22.9 Å². The molecule has 1 aromatic carbocycles. The van der Waals surface area contributed by atoms with E-state index >= 15 is 0 Å². The van der Waals surface area contributed by atoms with E-state index in [4.69, 9.17) is 0 Å². The van der Waals surface area contributed by atoms with Gasteiger partial charge in [-0.2, -0.15) is 0 Å². The van der Waals surface area contributed by atoms with Crippen molar-refractivity contribution in [2.45, 2.75) is 20.3 Å². The van der Waals surface area contributed by atoms with Gasteiger partial charge in [0, 0.05) is 37.1 Å². The molecule has 0 aliphatic carbocycles. The summed E-state index contributed by atoms with van der Waals surface area (Å²) >= 11 is 1.73. The van der Waals surface area contributed by atoms with Crippen LogP contribution in [0.25, 0.3) is 16.3 Å². The molecule has 0 spiro atoms. The van der Waals surface area contributed by atoms with E-state index in [1.54, 1.807) is 23.7 Å². The molecule has 3 aromatic rings. The highest BCUT2D eigenvalue weighted by atomic mass is 32.1. The monoisotopic (exact) mass is 392 g/mol. The maximum Gasteiger partial charge on any atom is 0.246 e. The quantitative estimate of drug-likeness (QED) is 0.632. The predicted molar refractivity (Wildman–Crippen MR) is 116 cm³/mol. The molecule has 1 fully saturated rings. The molecular weight excluding hydrogens is 368 g/mol. The van der Waals surface area contributed by atoms with E-state index in [0.29, 0.717) is 13.1 Å². The minimum Gasteiger partial charge on any atom is -0.352 e. The summed E-state index contributed by atoms with van der Waals surface area (Å²) in [6.45, 7) is 7.19. The normalized spacial score (nSPS) is 14.9. The summed E-state index contributed by atoms with van der Waals surface area (Å²) in [5.74, 6) is 1.06. The maximum absolute atomic E-state index is 12.6. The van der Waals surface area contributed by atoms with Crippen LogP contribution in [0.15, 0.2) is 42.7 Å². The number of fused-ring (bicyclic) bond motifs is 1. The van der Waals surface area contributed by atoms with Gasteiger partial charge in [-0.25, -0.2) is 9.97 Å². The standard InChI is InChI=1S/C22H24N4OS/c1-3-18-14-19-21(23-15-24-22(19)28-18)26-11-9-25(10-12-26)20(27)8-7-17-6-4-5-16(2)13-17/h4-8,13-15H,3,9-12H2,1-2H3/b8-7+. The van der Waals surface area contributed by atoms with Crippen molar-refractivity contribution in [2.75, 3.05) is 31.1 Å². The minimum atomic E-state index is 0.0674. The Bertz CT molecular complexity index is 1020. The molecule has 0 N–H and O–H groups in total. The molecule has 28 heavy (non-hydrogen) atoms. The fourth-order valence-corrected chi connectivity index (χ4v) is 4.43. The molecule has 1 saturated heterocycles. The van der Waals surface area contributed by atoms with E-state index in [2.05, 4.69) is 46.9 Å². The Balaban J connectivity index is 1.42. The number of rotatable bonds is 4. The van der Waals surface area contributed by atoms with Crippen molar-refractivity contribution in [1.82, 2.24) is 14.9 Å². The van der Waals surface area contributed by atoms with E-state index < -0.39 is 0 Å². The molecule has 0 saturated carbocycles. The van der Waals surface area contributed by atoms with Gasteiger partial charge in [0.2, 0.25) is 5.91 Å². The van der Waals surface area contributed by atoms with E-state index in [1.807, 2.05) is 23.1 Å². The summed E-state index contributed by atoms with van der Waals surface area (Å²) in [6, 6.07) is 10.4. The average molecular weight is 393 g/mol. The van der Waals surface area contributed by atoms with Crippen LogP contribution in [0.4, 0.5) is 5.82 Å². The van der Waals surface area contributed by atoms with Crippen molar-refractivity contribution in [1.29, 1.82) is 0 Å². The van der Waals surface area contributed by atoms with Crippen molar-refractivity contribution in [2.24, 2.45) is 0 Å². The van der Waals surface area contributed by atoms with E-state index in [9.17, 15) is 4.79 Å². The smallest absolute Gasteiger partial charge is 0.246 e. The number of piperazine rings is 1. The highest BCUT2D eigenvalue weighted by molar-refractivity contribution is 7.18.